The van der Waals surface area contributed by atoms with E-state index in [4.69, 9.17) is 26.1 Å². The zero-order valence-electron chi connectivity index (χ0n) is 21.1. The van der Waals surface area contributed by atoms with Gasteiger partial charge in [-0.1, -0.05) is 23.7 Å². The van der Waals surface area contributed by atoms with Crippen LogP contribution in [0.4, 0.5) is 4.79 Å². The first-order chi connectivity index (χ1) is 18.4. The average Bonchev–Trinajstić information content (AvgIpc) is 3.28. The minimum Gasteiger partial charge on any atom is -0.490 e. The molecule has 6 rings (SSSR count). The van der Waals surface area contributed by atoms with Crippen LogP contribution in [0.2, 0.25) is 5.02 Å². The molecule has 0 bridgehead atoms. The van der Waals surface area contributed by atoms with Gasteiger partial charge in [0.1, 0.15) is 30.1 Å². The van der Waals surface area contributed by atoms with Gasteiger partial charge in [-0.2, -0.15) is 0 Å². The minimum absolute atomic E-state index is 0.00576. The van der Waals surface area contributed by atoms with Crippen molar-refractivity contribution in [2.24, 2.45) is 0 Å². The summed E-state index contributed by atoms with van der Waals surface area (Å²) >= 11 is 6.03. The van der Waals surface area contributed by atoms with Crippen LogP contribution in [0.1, 0.15) is 30.1 Å². The summed E-state index contributed by atoms with van der Waals surface area (Å²) < 4.78 is 13.4. The molecule has 9 nitrogen and oxygen atoms in total. The zero-order valence-corrected chi connectivity index (χ0v) is 21.8. The molecule has 194 valence electrons. The minimum atomic E-state index is -0.265. The number of hydrogen-bond donors (Lipinski definition) is 0. The predicted molar refractivity (Wildman–Crippen MR) is 143 cm³/mol. The Kier molecular flexibility index (Phi) is 6.23. The lowest BCUT2D eigenvalue weighted by molar-refractivity contribution is 0.0941. The second-order valence-electron chi connectivity index (χ2n) is 9.75. The van der Waals surface area contributed by atoms with Crippen molar-refractivity contribution < 1.29 is 14.3 Å². The van der Waals surface area contributed by atoms with E-state index in [9.17, 15) is 9.59 Å². The molecule has 2 fully saturated rings. The van der Waals surface area contributed by atoms with E-state index in [1.165, 1.54) is 0 Å². The highest BCUT2D eigenvalue weighted by atomic mass is 35.5. The van der Waals surface area contributed by atoms with Gasteiger partial charge in [-0.15, -0.1) is 0 Å². The normalized spacial score (nSPS) is 18.9. The molecule has 0 unspecified atom stereocenters. The van der Waals surface area contributed by atoms with E-state index in [-0.39, 0.29) is 23.8 Å². The van der Waals surface area contributed by atoms with Crippen LogP contribution >= 0.6 is 11.6 Å². The van der Waals surface area contributed by atoms with Crippen molar-refractivity contribution in [1.82, 2.24) is 24.4 Å². The molecule has 2 aromatic heterocycles. The number of halogens is 1. The van der Waals surface area contributed by atoms with Crippen LogP contribution < -0.4 is 10.3 Å². The molecule has 2 aliphatic rings. The first-order valence-corrected chi connectivity index (χ1v) is 12.9. The second kappa shape index (κ2) is 9.72. The van der Waals surface area contributed by atoms with Crippen molar-refractivity contribution in [1.29, 1.82) is 0 Å². The second-order valence-corrected chi connectivity index (χ2v) is 10.2. The van der Waals surface area contributed by atoms with Crippen molar-refractivity contribution >= 4 is 28.6 Å². The Morgan fingerprint density at radius 1 is 1.11 bits per heavy atom. The Labute approximate surface area is 224 Å². The third kappa shape index (κ3) is 4.58. The number of carbonyl (C=O) groups excluding carboxylic acids is 1. The number of benzene rings is 2. The summed E-state index contributed by atoms with van der Waals surface area (Å²) in [5, 5.41) is 1.11. The predicted octanol–water partition coefficient (Wildman–Crippen LogP) is 4.53. The Morgan fingerprint density at radius 2 is 1.87 bits per heavy atom. The molecule has 2 atom stereocenters. The molecule has 0 radical (unpaired) electrons. The highest BCUT2D eigenvalue weighted by Gasteiger charge is 2.39. The van der Waals surface area contributed by atoms with E-state index < -0.39 is 0 Å². The molecule has 1 amide bonds. The van der Waals surface area contributed by atoms with Crippen LogP contribution in [0.15, 0.2) is 53.6 Å². The van der Waals surface area contributed by atoms with E-state index >= 15 is 0 Å². The first-order valence-electron chi connectivity index (χ1n) is 12.5. The molecule has 2 saturated heterocycles. The number of amides is 1. The van der Waals surface area contributed by atoms with Gasteiger partial charge in [0, 0.05) is 47.9 Å². The average molecular weight is 532 g/mol. The van der Waals surface area contributed by atoms with Crippen LogP contribution in [-0.2, 0) is 11.3 Å². The molecule has 2 aliphatic heterocycles. The number of nitrogens with zero attached hydrogens (tertiary/aromatic N) is 5. The summed E-state index contributed by atoms with van der Waals surface area (Å²) in [7, 11) is 0. The quantitative estimate of drug-likeness (QED) is 0.373. The number of rotatable bonds is 5. The molecule has 0 N–H and O–H groups in total. The van der Waals surface area contributed by atoms with Gasteiger partial charge in [0.25, 0.3) is 5.56 Å². The molecular formula is C28H26ClN5O4. The highest BCUT2D eigenvalue weighted by Crippen LogP contribution is 2.35. The third-order valence-electron chi connectivity index (χ3n) is 7.19. The molecule has 0 saturated carbocycles. The molecule has 38 heavy (non-hydrogen) atoms. The molecule has 4 heterocycles. The zero-order chi connectivity index (χ0) is 26.4. The summed E-state index contributed by atoms with van der Waals surface area (Å²) in [6, 6.07) is 11.1. The number of hydrogen-bond acceptors (Lipinski definition) is 7. The standard InChI is InChI=1S/C28H26ClN5O4/c1-16-30-12-19(13-31-16)23-10-25-24(11-26(23)38-22-7-8-33-21(9-22)15-37-28(33)36)27(35)34(17(2)32-25)14-18-3-5-20(29)6-4-18/h3-6,10-13,21-22H,7-9,14-15H2,1-2H3/t21-,22-/m0/s1. The monoisotopic (exact) mass is 531 g/mol. The lowest BCUT2D eigenvalue weighted by Crippen LogP contribution is -2.44. The lowest BCUT2D eigenvalue weighted by Gasteiger charge is -2.33. The Morgan fingerprint density at radius 3 is 2.63 bits per heavy atom. The van der Waals surface area contributed by atoms with Crippen molar-refractivity contribution in [2.45, 2.75) is 45.4 Å². The topological polar surface area (TPSA) is 99.4 Å². The van der Waals surface area contributed by atoms with Gasteiger partial charge in [0.05, 0.1) is 23.5 Å². The van der Waals surface area contributed by atoms with E-state index in [1.54, 1.807) is 27.9 Å². The Balaban J connectivity index is 1.41. The maximum Gasteiger partial charge on any atom is 0.410 e. The summed E-state index contributed by atoms with van der Waals surface area (Å²) in [5.74, 6) is 1.83. The van der Waals surface area contributed by atoms with Crippen molar-refractivity contribution in [2.75, 3.05) is 13.2 Å². The third-order valence-corrected chi connectivity index (χ3v) is 7.44. The van der Waals surface area contributed by atoms with Gasteiger partial charge >= 0.3 is 6.09 Å². The lowest BCUT2D eigenvalue weighted by atomic mass is 10.00. The summed E-state index contributed by atoms with van der Waals surface area (Å²) in [6.45, 7) is 4.97. The number of ether oxygens (including phenoxy) is 2. The molecule has 4 aromatic rings. The van der Waals surface area contributed by atoms with Crippen molar-refractivity contribution in [3.8, 4) is 16.9 Å². The van der Waals surface area contributed by atoms with E-state index in [2.05, 4.69) is 9.97 Å². The van der Waals surface area contributed by atoms with Gasteiger partial charge in [-0.25, -0.2) is 19.7 Å². The van der Waals surface area contributed by atoms with Crippen LogP contribution in [0.5, 0.6) is 5.75 Å². The summed E-state index contributed by atoms with van der Waals surface area (Å²) in [6.07, 6.45) is 4.41. The molecular weight excluding hydrogens is 506 g/mol. The molecule has 0 aliphatic carbocycles. The van der Waals surface area contributed by atoms with Crippen molar-refractivity contribution in [3.05, 3.63) is 81.4 Å². The smallest absolute Gasteiger partial charge is 0.410 e. The number of aromatic nitrogens is 4. The molecule has 2 aromatic carbocycles. The van der Waals surface area contributed by atoms with E-state index in [0.717, 1.165) is 16.7 Å². The maximum absolute atomic E-state index is 13.7. The fourth-order valence-corrected chi connectivity index (χ4v) is 5.25. The SMILES string of the molecule is Cc1ncc(-c2cc3nc(C)n(Cc4ccc(Cl)cc4)c(=O)c3cc2O[C@H]2CCN3C(=O)OC[C@@H]3C2)cn1. The van der Waals surface area contributed by atoms with Crippen LogP contribution in [0.25, 0.3) is 22.0 Å². The van der Waals surface area contributed by atoms with Gasteiger partial charge < -0.3 is 14.4 Å². The van der Waals surface area contributed by atoms with Crippen LogP contribution in [0, 0.1) is 13.8 Å². The number of cyclic esters (lactones) is 1. The van der Waals surface area contributed by atoms with E-state index in [0.29, 0.717) is 65.9 Å². The largest absolute Gasteiger partial charge is 0.490 e. The number of piperidine rings is 1. The Bertz CT molecular complexity index is 1590. The Hall–Kier alpha value is -3.98. The van der Waals surface area contributed by atoms with Crippen molar-refractivity contribution in [3.63, 3.8) is 0 Å². The molecule has 10 heteroatoms. The summed E-state index contributed by atoms with van der Waals surface area (Å²) in [5.41, 5.74) is 2.91. The van der Waals surface area contributed by atoms with Gasteiger partial charge in [-0.05, 0) is 43.7 Å². The first kappa shape index (κ1) is 24.4. The van der Waals surface area contributed by atoms with Crippen LogP contribution in [-0.4, -0.2) is 55.8 Å². The number of fused-ring (bicyclic) bond motifs is 2. The van der Waals surface area contributed by atoms with Gasteiger partial charge in [-0.3, -0.25) is 9.36 Å². The van der Waals surface area contributed by atoms with Gasteiger partial charge in [0.2, 0.25) is 0 Å². The summed E-state index contributed by atoms with van der Waals surface area (Å²) in [4.78, 5) is 40.9. The maximum atomic E-state index is 13.7. The highest BCUT2D eigenvalue weighted by molar-refractivity contribution is 6.30. The number of carbonyl (C=O) groups is 1. The number of aryl methyl sites for hydroxylation is 2. The van der Waals surface area contributed by atoms with Gasteiger partial charge in [0.15, 0.2) is 0 Å². The fraction of sp³-hybridized carbons (Fsp3) is 0.321. The fourth-order valence-electron chi connectivity index (χ4n) is 5.12. The molecule has 0 spiro atoms. The van der Waals surface area contributed by atoms with E-state index in [1.807, 2.05) is 44.2 Å². The van der Waals surface area contributed by atoms with Crippen LogP contribution in [0.3, 0.4) is 0 Å².